The van der Waals surface area contributed by atoms with Gasteiger partial charge in [-0.1, -0.05) is 5.04 Å². The van der Waals surface area contributed by atoms with Gasteiger partial charge in [0.05, 0.1) is 6.61 Å². The minimum Gasteiger partial charge on any atom is -0.323 e. The Hall–Kier alpha value is -0.135. The van der Waals surface area contributed by atoms with Crippen molar-refractivity contribution < 1.29 is 19.8 Å². The van der Waals surface area contributed by atoms with Crippen molar-refractivity contribution in [1.29, 1.82) is 0 Å². The van der Waals surface area contributed by atoms with Gasteiger partial charge in [-0.05, 0) is 26.1 Å². The van der Waals surface area contributed by atoms with Crippen molar-refractivity contribution >= 4 is 7.62 Å². The van der Waals surface area contributed by atoms with Crippen molar-refractivity contribution in [3.63, 3.8) is 0 Å². The van der Waals surface area contributed by atoms with E-state index >= 15 is 0 Å². The number of hydrogen-bond acceptors (Lipinski definition) is 5. The second-order valence-corrected chi connectivity index (χ2v) is 1.71. The van der Waals surface area contributed by atoms with Crippen LogP contribution in [0.15, 0.2) is 0 Å². The molecule has 59 valence electrons. The normalized spacial score (nSPS) is 10.4. The summed E-state index contributed by atoms with van der Waals surface area (Å²) in [7, 11) is 4.88. The molecule has 1 radical (unpaired) electrons. The van der Waals surface area contributed by atoms with Gasteiger partial charge in [-0.2, -0.15) is 0 Å². The summed E-state index contributed by atoms with van der Waals surface area (Å²) >= 11 is 0. The molecule has 10 heavy (non-hydrogen) atoms. The maximum absolute atomic E-state index is 4.35. The summed E-state index contributed by atoms with van der Waals surface area (Å²) in [5.74, 6) is 0. The molecular formula is C4H11BNO4. The Morgan fingerprint density at radius 2 is 2.00 bits per heavy atom. The molecule has 0 saturated carbocycles. The van der Waals surface area contributed by atoms with Gasteiger partial charge in [-0.25, -0.2) is 4.89 Å². The van der Waals surface area contributed by atoms with Gasteiger partial charge >= 0.3 is 7.62 Å². The van der Waals surface area contributed by atoms with Gasteiger partial charge in [0.2, 0.25) is 0 Å². The summed E-state index contributed by atoms with van der Waals surface area (Å²) < 4.78 is 0. The van der Waals surface area contributed by atoms with Crippen LogP contribution < -0.4 is 0 Å². The summed E-state index contributed by atoms with van der Waals surface area (Å²) in [5, 5.41) is 8.12. The molecule has 0 unspecified atom stereocenters. The van der Waals surface area contributed by atoms with E-state index in [1.54, 1.807) is 25.8 Å². The lowest BCUT2D eigenvalue weighted by molar-refractivity contribution is -0.609. The Morgan fingerprint density at radius 1 is 1.30 bits per heavy atom. The Morgan fingerprint density at radius 3 is 2.50 bits per heavy atom. The molecule has 0 amide bonds. The summed E-state index contributed by atoms with van der Waals surface area (Å²) in [6.45, 7) is 2.17. The fourth-order valence-corrected chi connectivity index (χ4v) is 0.187. The highest BCUT2D eigenvalue weighted by Gasteiger charge is 1.96. The number of nitrogens with zero attached hydrogens (tertiary/aromatic N) is 1. The van der Waals surface area contributed by atoms with Crippen LogP contribution in [0.2, 0.25) is 0 Å². The molecule has 0 rings (SSSR count). The van der Waals surface area contributed by atoms with Crippen LogP contribution in [0.3, 0.4) is 0 Å². The molecule has 0 saturated heterocycles. The molecule has 0 aliphatic heterocycles. The minimum atomic E-state index is 0.408. The molecule has 0 aromatic heterocycles. The van der Waals surface area contributed by atoms with E-state index in [4.69, 9.17) is 0 Å². The van der Waals surface area contributed by atoms with Gasteiger partial charge in [0.1, 0.15) is 0 Å². The topological polar surface area (TPSA) is 40.2 Å². The van der Waals surface area contributed by atoms with Gasteiger partial charge in [-0.15, -0.1) is 0 Å². The van der Waals surface area contributed by atoms with Gasteiger partial charge in [0.25, 0.3) is 0 Å². The molecule has 0 spiro atoms. The largest absolute Gasteiger partial charge is 0.447 e. The van der Waals surface area contributed by atoms with E-state index in [1.807, 2.05) is 0 Å². The Kier molecular flexibility index (Phi) is 6.88. The van der Waals surface area contributed by atoms with E-state index in [0.29, 0.717) is 6.61 Å². The zero-order valence-corrected chi connectivity index (χ0v) is 6.36. The first-order valence-electron chi connectivity index (χ1n) is 2.88. The highest BCUT2D eigenvalue weighted by molar-refractivity contribution is 6.22. The van der Waals surface area contributed by atoms with Crippen LogP contribution >= 0.6 is 0 Å². The zero-order chi connectivity index (χ0) is 7.82. The molecule has 0 bridgehead atoms. The highest BCUT2D eigenvalue weighted by atomic mass is 17.7. The molecule has 0 N–H and O–H groups in total. The van der Waals surface area contributed by atoms with Crippen molar-refractivity contribution in [2.75, 3.05) is 20.7 Å². The molecule has 0 fully saturated rings. The molecule has 6 heteroatoms. The van der Waals surface area contributed by atoms with E-state index in [-0.39, 0.29) is 0 Å². The quantitative estimate of drug-likeness (QED) is 0.228. The zero-order valence-electron chi connectivity index (χ0n) is 6.36. The second kappa shape index (κ2) is 6.98. The van der Waals surface area contributed by atoms with Gasteiger partial charge < -0.3 is 4.81 Å². The first kappa shape index (κ1) is 9.86. The van der Waals surface area contributed by atoms with E-state index in [0.717, 1.165) is 0 Å². The monoisotopic (exact) mass is 148 g/mol. The molecular weight excluding hydrogens is 137 g/mol. The molecule has 5 nitrogen and oxygen atoms in total. The molecule has 0 heterocycles. The van der Waals surface area contributed by atoms with Crippen LogP contribution in [-0.2, 0) is 19.8 Å². The fraction of sp³-hybridized carbons (Fsp3) is 1.00. The summed E-state index contributed by atoms with van der Waals surface area (Å²) in [4.78, 5) is 10.3. The number of hydrogen-bond donors (Lipinski definition) is 0. The van der Waals surface area contributed by atoms with E-state index in [2.05, 4.69) is 19.8 Å². The van der Waals surface area contributed by atoms with Gasteiger partial charge in [-0.3, -0.25) is 4.81 Å². The first-order chi connectivity index (χ1) is 4.77. The molecule has 0 aromatic carbocycles. The third-order valence-corrected chi connectivity index (χ3v) is 0.487. The van der Waals surface area contributed by atoms with Crippen LogP contribution in [0, 0.1) is 0 Å². The standard InChI is InChI=1S/C4H11BNO4/c1-4-7-9-10-8-5-6(2)3/h4H2,1-3H3. The van der Waals surface area contributed by atoms with Gasteiger partial charge in [0, 0.05) is 0 Å². The lowest BCUT2D eigenvalue weighted by atomic mass is 10.3. The van der Waals surface area contributed by atoms with Crippen molar-refractivity contribution in [2.45, 2.75) is 6.92 Å². The third-order valence-electron chi connectivity index (χ3n) is 0.487. The average molecular weight is 148 g/mol. The van der Waals surface area contributed by atoms with Crippen LogP contribution in [-0.4, -0.2) is 33.1 Å². The van der Waals surface area contributed by atoms with Crippen molar-refractivity contribution in [3.8, 4) is 0 Å². The summed E-state index contributed by atoms with van der Waals surface area (Å²) in [6, 6.07) is 0. The van der Waals surface area contributed by atoms with Crippen molar-refractivity contribution in [2.24, 2.45) is 0 Å². The Balaban J connectivity index is 2.77. The molecule has 0 atom stereocenters. The van der Waals surface area contributed by atoms with Crippen LogP contribution in [0.1, 0.15) is 6.92 Å². The summed E-state index contributed by atoms with van der Waals surface area (Å²) in [5.41, 5.74) is 0. The summed E-state index contributed by atoms with van der Waals surface area (Å²) in [6.07, 6.45) is 0. The predicted molar refractivity (Wildman–Crippen MR) is 34.3 cm³/mol. The Bertz CT molecular complexity index is 72.3. The highest BCUT2D eigenvalue weighted by Crippen LogP contribution is 1.81. The molecule has 0 aliphatic carbocycles. The minimum absolute atomic E-state index is 0.408. The second-order valence-electron chi connectivity index (χ2n) is 1.71. The smallest absolute Gasteiger partial charge is 0.323 e. The van der Waals surface area contributed by atoms with Crippen LogP contribution in [0.5, 0.6) is 0 Å². The van der Waals surface area contributed by atoms with E-state index in [9.17, 15) is 0 Å². The number of rotatable bonds is 6. The van der Waals surface area contributed by atoms with Crippen LogP contribution in [0.25, 0.3) is 0 Å². The predicted octanol–water partition coefficient (Wildman–Crippen LogP) is -0.0865. The van der Waals surface area contributed by atoms with Crippen molar-refractivity contribution in [3.05, 3.63) is 0 Å². The third kappa shape index (κ3) is 7.86. The lowest BCUT2D eigenvalue weighted by Gasteiger charge is -2.04. The molecule has 0 aromatic rings. The van der Waals surface area contributed by atoms with E-state index in [1.165, 1.54) is 7.62 Å². The molecule has 0 aliphatic rings. The van der Waals surface area contributed by atoms with Crippen LogP contribution in [0.4, 0.5) is 0 Å². The van der Waals surface area contributed by atoms with E-state index < -0.39 is 0 Å². The van der Waals surface area contributed by atoms with Gasteiger partial charge in [0.15, 0.2) is 0 Å². The first-order valence-corrected chi connectivity index (χ1v) is 2.88. The average Bonchev–Trinajstić information content (AvgIpc) is 1.87. The maximum Gasteiger partial charge on any atom is 0.447 e. The Labute approximate surface area is 60.9 Å². The fourth-order valence-electron chi connectivity index (χ4n) is 0.187. The van der Waals surface area contributed by atoms with Crippen molar-refractivity contribution in [1.82, 2.24) is 4.81 Å². The lowest BCUT2D eigenvalue weighted by Crippen LogP contribution is -2.20. The SMILES string of the molecule is CCOOOO[B]N(C)C. The maximum atomic E-state index is 4.35.